The quantitative estimate of drug-likeness (QED) is 0.777. The molecular formula is C21H26N2O4S. The lowest BCUT2D eigenvalue weighted by molar-refractivity contribution is 0.0930. The number of carbonyl (C=O) groups is 1. The lowest BCUT2D eigenvalue weighted by atomic mass is 10.0. The van der Waals surface area contributed by atoms with E-state index in [0.29, 0.717) is 5.56 Å². The largest absolute Gasteiger partial charge is 0.497 e. The predicted octanol–water partition coefficient (Wildman–Crippen LogP) is 3.19. The summed E-state index contributed by atoms with van der Waals surface area (Å²) in [6.07, 6.45) is 1.74. The summed E-state index contributed by atoms with van der Waals surface area (Å²) >= 11 is 0. The Morgan fingerprint density at radius 3 is 2.04 bits per heavy atom. The zero-order valence-electron chi connectivity index (χ0n) is 16.6. The number of carbonyl (C=O) groups excluding carboxylic acids is 1. The molecule has 0 unspecified atom stereocenters. The molecule has 1 amide bonds. The molecule has 1 aliphatic carbocycles. The lowest BCUT2D eigenvalue weighted by Crippen LogP contribution is -2.40. The van der Waals surface area contributed by atoms with Gasteiger partial charge in [-0.15, -0.1) is 0 Å². The molecule has 0 atom stereocenters. The van der Waals surface area contributed by atoms with Gasteiger partial charge in [-0.1, -0.05) is 12.1 Å². The van der Waals surface area contributed by atoms with Crippen LogP contribution in [0.4, 0.5) is 0 Å². The topological polar surface area (TPSA) is 84.5 Å². The van der Waals surface area contributed by atoms with Gasteiger partial charge in [-0.3, -0.25) is 4.79 Å². The Morgan fingerprint density at radius 1 is 1.00 bits per heavy atom. The summed E-state index contributed by atoms with van der Waals surface area (Å²) in [5, 5.41) is 3.09. The fourth-order valence-electron chi connectivity index (χ4n) is 3.06. The van der Waals surface area contributed by atoms with Crippen LogP contribution in [-0.4, -0.2) is 27.0 Å². The maximum atomic E-state index is 12.7. The first-order chi connectivity index (χ1) is 13.0. The third-order valence-electron chi connectivity index (χ3n) is 4.61. The van der Waals surface area contributed by atoms with E-state index in [9.17, 15) is 13.2 Å². The number of methoxy groups -OCH3 is 1. The summed E-state index contributed by atoms with van der Waals surface area (Å²) in [4.78, 5) is 12.8. The Kier molecular flexibility index (Phi) is 5.25. The van der Waals surface area contributed by atoms with Gasteiger partial charge in [-0.25, -0.2) is 13.1 Å². The molecule has 1 fully saturated rings. The van der Waals surface area contributed by atoms with E-state index < -0.39 is 15.6 Å². The third kappa shape index (κ3) is 4.54. The number of hydrogen-bond donors (Lipinski definition) is 2. The summed E-state index contributed by atoms with van der Waals surface area (Å²) < 4.78 is 32.5. The number of nitrogens with one attached hydrogen (secondary N) is 2. The van der Waals surface area contributed by atoms with Gasteiger partial charge in [0.1, 0.15) is 5.75 Å². The summed E-state index contributed by atoms with van der Waals surface area (Å²) in [6, 6.07) is 13.7. The van der Waals surface area contributed by atoms with Crippen LogP contribution in [0.1, 0.15) is 49.5 Å². The minimum Gasteiger partial charge on any atom is -0.497 e. The number of rotatable bonds is 6. The Hall–Kier alpha value is -2.38. The maximum absolute atomic E-state index is 12.7. The minimum atomic E-state index is -3.63. The summed E-state index contributed by atoms with van der Waals surface area (Å²) in [5.74, 6) is 0.549. The standard InChI is InChI=1S/C21H26N2O4S/c1-20(2,3)23-28(25,26)18-11-5-15(6-12-18)19(24)22-21(13-14-21)16-7-9-17(27-4)10-8-16/h5-12,23H,13-14H2,1-4H3,(H,22,24). The van der Waals surface area contributed by atoms with Gasteiger partial charge in [0.25, 0.3) is 5.91 Å². The van der Waals surface area contributed by atoms with E-state index in [1.165, 1.54) is 24.3 Å². The van der Waals surface area contributed by atoms with Gasteiger partial charge in [0.05, 0.1) is 17.5 Å². The van der Waals surface area contributed by atoms with Gasteiger partial charge >= 0.3 is 0 Å². The molecule has 0 aliphatic heterocycles. The normalized spacial score (nSPS) is 15.7. The van der Waals surface area contributed by atoms with E-state index in [-0.39, 0.29) is 16.3 Å². The lowest BCUT2D eigenvalue weighted by Gasteiger charge is -2.20. The number of ether oxygens (including phenoxy) is 1. The Bertz CT molecular complexity index is 955. The van der Waals surface area contributed by atoms with Crippen molar-refractivity contribution in [3.63, 3.8) is 0 Å². The average Bonchev–Trinajstić information content (AvgIpc) is 3.40. The van der Waals surface area contributed by atoms with E-state index in [0.717, 1.165) is 24.2 Å². The number of sulfonamides is 1. The number of amides is 1. The first-order valence-corrected chi connectivity index (χ1v) is 10.6. The van der Waals surface area contributed by atoms with Crippen molar-refractivity contribution in [2.45, 2.75) is 49.6 Å². The molecule has 0 spiro atoms. The van der Waals surface area contributed by atoms with Gasteiger partial charge in [0, 0.05) is 11.1 Å². The number of hydrogen-bond acceptors (Lipinski definition) is 4. The molecule has 2 aromatic rings. The molecule has 150 valence electrons. The summed E-state index contributed by atoms with van der Waals surface area (Å²) in [6.45, 7) is 5.34. The zero-order valence-corrected chi connectivity index (χ0v) is 17.4. The second-order valence-electron chi connectivity index (χ2n) is 8.14. The van der Waals surface area contributed by atoms with Crippen molar-refractivity contribution >= 4 is 15.9 Å². The van der Waals surface area contributed by atoms with E-state index in [2.05, 4.69) is 10.0 Å². The van der Waals surface area contributed by atoms with Crippen LogP contribution in [0.15, 0.2) is 53.4 Å². The van der Waals surface area contributed by atoms with Crippen molar-refractivity contribution in [2.24, 2.45) is 0 Å². The Balaban J connectivity index is 1.73. The third-order valence-corrected chi connectivity index (χ3v) is 6.39. The van der Waals surface area contributed by atoms with Gasteiger partial charge in [0.15, 0.2) is 0 Å². The average molecular weight is 403 g/mol. The van der Waals surface area contributed by atoms with Gasteiger partial charge in [-0.2, -0.15) is 0 Å². The number of benzene rings is 2. The molecule has 0 aromatic heterocycles. The molecule has 1 saturated carbocycles. The molecule has 2 N–H and O–H groups in total. The predicted molar refractivity (Wildman–Crippen MR) is 108 cm³/mol. The Morgan fingerprint density at radius 2 is 1.57 bits per heavy atom. The monoisotopic (exact) mass is 402 g/mol. The second kappa shape index (κ2) is 7.22. The van der Waals surface area contributed by atoms with Crippen molar-refractivity contribution < 1.29 is 17.9 Å². The van der Waals surface area contributed by atoms with Crippen LogP contribution in [0.2, 0.25) is 0 Å². The highest BCUT2D eigenvalue weighted by Crippen LogP contribution is 2.46. The van der Waals surface area contributed by atoms with Crippen LogP contribution >= 0.6 is 0 Å². The fourth-order valence-corrected chi connectivity index (χ4v) is 4.48. The summed E-state index contributed by atoms with van der Waals surface area (Å²) in [5.41, 5.74) is 0.526. The molecule has 28 heavy (non-hydrogen) atoms. The van der Waals surface area contributed by atoms with Crippen molar-refractivity contribution in [3.8, 4) is 5.75 Å². The van der Waals surface area contributed by atoms with Crippen molar-refractivity contribution in [1.29, 1.82) is 0 Å². The van der Waals surface area contributed by atoms with E-state index >= 15 is 0 Å². The second-order valence-corrected chi connectivity index (χ2v) is 9.83. The van der Waals surface area contributed by atoms with Gasteiger partial charge in [0.2, 0.25) is 10.0 Å². The highest BCUT2D eigenvalue weighted by atomic mass is 32.2. The smallest absolute Gasteiger partial charge is 0.251 e. The fraction of sp³-hybridized carbons (Fsp3) is 0.381. The van der Waals surface area contributed by atoms with Crippen LogP contribution in [0.25, 0.3) is 0 Å². The first kappa shape index (κ1) is 20.4. The molecule has 1 aliphatic rings. The van der Waals surface area contributed by atoms with Crippen LogP contribution in [0, 0.1) is 0 Å². The summed E-state index contributed by atoms with van der Waals surface area (Å²) in [7, 11) is -2.01. The van der Waals surface area contributed by atoms with E-state index in [1.807, 2.05) is 24.3 Å². The molecule has 7 heteroatoms. The van der Waals surface area contributed by atoms with E-state index in [1.54, 1.807) is 27.9 Å². The molecule has 3 rings (SSSR count). The minimum absolute atomic E-state index is 0.135. The SMILES string of the molecule is COc1ccc(C2(NC(=O)c3ccc(S(=O)(=O)NC(C)(C)C)cc3)CC2)cc1. The zero-order chi connectivity index (χ0) is 20.6. The van der Waals surface area contributed by atoms with Crippen molar-refractivity contribution in [2.75, 3.05) is 7.11 Å². The Labute approximate surface area is 166 Å². The van der Waals surface area contributed by atoms with Crippen LogP contribution < -0.4 is 14.8 Å². The maximum Gasteiger partial charge on any atom is 0.251 e. The van der Waals surface area contributed by atoms with Gasteiger partial charge in [-0.05, 0) is 75.6 Å². The molecule has 0 saturated heterocycles. The van der Waals surface area contributed by atoms with Crippen molar-refractivity contribution in [3.05, 3.63) is 59.7 Å². The first-order valence-electron chi connectivity index (χ1n) is 9.16. The van der Waals surface area contributed by atoms with Crippen LogP contribution in [0.5, 0.6) is 5.75 Å². The molecule has 0 bridgehead atoms. The molecule has 6 nitrogen and oxygen atoms in total. The van der Waals surface area contributed by atoms with Crippen LogP contribution in [-0.2, 0) is 15.6 Å². The highest BCUT2D eigenvalue weighted by molar-refractivity contribution is 7.89. The van der Waals surface area contributed by atoms with Crippen molar-refractivity contribution in [1.82, 2.24) is 10.0 Å². The molecule has 2 aromatic carbocycles. The molecular weight excluding hydrogens is 376 g/mol. The van der Waals surface area contributed by atoms with Gasteiger partial charge < -0.3 is 10.1 Å². The molecule has 0 radical (unpaired) electrons. The highest BCUT2D eigenvalue weighted by Gasteiger charge is 2.45. The van der Waals surface area contributed by atoms with Crippen LogP contribution in [0.3, 0.4) is 0 Å². The van der Waals surface area contributed by atoms with E-state index in [4.69, 9.17) is 4.74 Å². The molecule has 0 heterocycles.